The van der Waals surface area contributed by atoms with Gasteiger partial charge in [-0.05, 0) is 61.3 Å². The minimum absolute atomic E-state index is 0.228. The van der Waals surface area contributed by atoms with Gasteiger partial charge in [-0.2, -0.15) is 12.6 Å². The molecule has 1 fully saturated rings. The molecular formula is C14H19NOS. The second kappa shape index (κ2) is 4.73. The van der Waals surface area contributed by atoms with Gasteiger partial charge < -0.3 is 4.90 Å². The molecule has 1 unspecified atom stereocenters. The van der Waals surface area contributed by atoms with Crippen molar-refractivity contribution >= 4 is 24.2 Å². The van der Waals surface area contributed by atoms with E-state index in [9.17, 15) is 4.79 Å². The van der Waals surface area contributed by atoms with Crippen LogP contribution in [0.25, 0.3) is 0 Å². The fraction of sp³-hybridized carbons (Fsp3) is 0.500. The third-order valence-electron chi connectivity index (χ3n) is 3.69. The molecule has 1 aliphatic rings. The lowest BCUT2D eigenvalue weighted by Gasteiger charge is -2.19. The van der Waals surface area contributed by atoms with E-state index in [1.807, 2.05) is 4.90 Å². The van der Waals surface area contributed by atoms with E-state index in [0.717, 1.165) is 18.0 Å². The maximum atomic E-state index is 11.9. The van der Waals surface area contributed by atoms with E-state index in [1.54, 1.807) is 0 Å². The summed E-state index contributed by atoms with van der Waals surface area (Å²) in [4.78, 5) is 13.8. The summed E-state index contributed by atoms with van der Waals surface area (Å²) in [5, 5.41) is 0. The van der Waals surface area contributed by atoms with E-state index in [-0.39, 0.29) is 5.91 Å². The van der Waals surface area contributed by atoms with Gasteiger partial charge in [0.1, 0.15) is 0 Å². The summed E-state index contributed by atoms with van der Waals surface area (Å²) in [6.45, 7) is 7.13. The Kier molecular flexibility index (Phi) is 3.48. The first-order chi connectivity index (χ1) is 8.02. The first kappa shape index (κ1) is 12.5. The molecule has 2 nitrogen and oxygen atoms in total. The molecule has 17 heavy (non-hydrogen) atoms. The summed E-state index contributed by atoms with van der Waals surface area (Å²) in [6.07, 6.45) is 0.634. The molecule has 0 spiro atoms. The molecule has 1 atom stereocenters. The molecule has 0 aromatic heterocycles. The first-order valence-electron chi connectivity index (χ1n) is 6.02. The topological polar surface area (TPSA) is 20.3 Å². The average Bonchev–Trinajstić information content (AvgIpc) is 2.67. The summed E-state index contributed by atoms with van der Waals surface area (Å²) in [5.74, 6) is 1.41. The molecule has 1 aliphatic heterocycles. The van der Waals surface area contributed by atoms with Crippen molar-refractivity contribution in [3.05, 3.63) is 28.8 Å². The molecule has 92 valence electrons. The number of anilines is 1. The van der Waals surface area contributed by atoms with Gasteiger partial charge in [0.05, 0.1) is 0 Å². The average molecular weight is 249 g/mol. The molecule has 0 saturated carbocycles. The van der Waals surface area contributed by atoms with Crippen molar-refractivity contribution in [3.8, 4) is 0 Å². The number of benzene rings is 1. The Balaban J connectivity index is 2.32. The number of thiol groups is 1. The summed E-state index contributed by atoms with van der Waals surface area (Å²) < 4.78 is 0. The maximum absolute atomic E-state index is 11.9. The van der Waals surface area contributed by atoms with Crippen LogP contribution < -0.4 is 4.90 Å². The quantitative estimate of drug-likeness (QED) is 0.799. The van der Waals surface area contributed by atoms with Crippen LogP contribution in [-0.2, 0) is 4.79 Å². The van der Waals surface area contributed by atoms with Gasteiger partial charge in [-0.25, -0.2) is 0 Å². The summed E-state index contributed by atoms with van der Waals surface area (Å²) in [6, 6.07) is 4.22. The second-order valence-electron chi connectivity index (χ2n) is 4.96. The van der Waals surface area contributed by atoms with Gasteiger partial charge in [-0.15, -0.1) is 0 Å². The minimum atomic E-state index is 0.228. The third kappa shape index (κ3) is 2.34. The zero-order valence-corrected chi connectivity index (χ0v) is 11.6. The normalized spacial score (nSPS) is 20.1. The molecule has 1 saturated heterocycles. The fourth-order valence-corrected chi connectivity index (χ4v) is 2.57. The van der Waals surface area contributed by atoms with Crippen molar-refractivity contribution in [3.63, 3.8) is 0 Å². The van der Waals surface area contributed by atoms with Crippen LogP contribution in [0.2, 0.25) is 0 Å². The number of hydrogen-bond donors (Lipinski definition) is 1. The Morgan fingerprint density at radius 3 is 2.35 bits per heavy atom. The van der Waals surface area contributed by atoms with Crippen molar-refractivity contribution in [2.45, 2.75) is 27.2 Å². The van der Waals surface area contributed by atoms with Crippen molar-refractivity contribution in [1.29, 1.82) is 0 Å². The lowest BCUT2D eigenvalue weighted by Crippen LogP contribution is -2.24. The van der Waals surface area contributed by atoms with Crippen molar-refractivity contribution in [2.24, 2.45) is 5.92 Å². The largest absolute Gasteiger partial charge is 0.312 e. The van der Waals surface area contributed by atoms with E-state index >= 15 is 0 Å². The highest BCUT2D eigenvalue weighted by Gasteiger charge is 2.29. The number of aryl methyl sites for hydroxylation is 2. The van der Waals surface area contributed by atoms with Crippen molar-refractivity contribution < 1.29 is 4.79 Å². The summed E-state index contributed by atoms with van der Waals surface area (Å²) in [7, 11) is 0. The molecule has 2 rings (SSSR count). The number of hydrogen-bond acceptors (Lipinski definition) is 2. The molecule has 0 N–H and O–H groups in total. The second-order valence-corrected chi connectivity index (χ2v) is 5.33. The van der Waals surface area contributed by atoms with Crippen molar-refractivity contribution in [1.82, 2.24) is 0 Å². The maximum Gasteiger partial charge on any atom is 0.227 e. The number of nitrogens with zero attached hydrogens (tertiary/aromatic N) is 1. The molecule has 1 aromatic carbocycles. The standard InChI is InChI=1S/C14H19NOS/c1-9-4-13(5-10(2)11(9)3)15-7-12(8-17)6-14(15)16/h4-5,12,17H,6-8H2,1-3H3. The highest BCUT2D eigenvalue weighted by Crippen LogP contribution is 2.28. The van der Waals surface area contributed by atoms with E-state index in [1.165, 1.54) is 16.7 Å². The molecule has 1 aromatic rings. The Labute approximate surface area is 108 Å². The van der Waals surface area contributed by atoms with Crippen molar-refractivity contribution in [2.75, 3.05) is 17.2 Å². The molecule has 0 bridgehead atoms. The highest BCUT2D eigenvalue weighted by atomic mass is 32.1. The third-order valence-corrected chi connectivity index (χ3v) is 4.20. The monoisotopic (exact) mass is 249 g/mol. The predicted molar refractivity (Wildman–Crippen MR) is 75.0 cm³/mol. The summed E-state index contributed by atoms with van der Waals surface area (Å²) >= 11 is 4.29. The number of carbonyl (C=O) groups excluding carboxylic acids is 1. The van der Waals surface area contributed by atoms with Crippen LogP contribution >= 0.6 is 12.6 Å². The number of carbonyl (C=O) groups is 1. The first-order valence-corrected chi connectivity index (χ1v) is 6.65. The lowest BCUT2D eigenvalue weighted by molar-refractivity contribution is -0.117. The SMILES string of the molecule is Cc1cc(N2CC(CS)CC2=O)cc(C)c1C. The Morgan fingerprint density at radius 2 is 1.88 bits per heavy atom. The molecule has 0 radical (unpaired) electrons. The van der Waals surface area contributed by atoms with E-state index in [4.69, 9.17) is 0 Å². The van der Waals surface area contributed by atoms with Gasteiger partial charge >= 0.3 is 0 Å². The zero-order valence-electron chi connectivity index (χ0n) is 10.7. The zero-order chi connectivity index (χ0) is 12.6. The Morgan fingerprint density at radius 1 is 1.29 bits per heavy atom. The van der Waals surface area contributed by atoms with Gasteiger partial charge in [0, 0.05) is 18.7 Å². The van der Waals surface area contributed by atoms with Crippen LogP contribution in [0.1, 0.15) is 23.1 Å². The fourth-order valence-electron chi connectivity index (χ4n) is 2.32. The molecule has 1 amide bonds. The van der Waals surface area contributed by atoms with Crippen LogP contribution in [0, 0.1) is 26.7 Å². The molecule has 3 heteroatoms. The van der Waals surface area contributed by atoms with Crippen LogP contribution in [0.5, 0.6) is 0 Å². The smallest absolute Gasteiger partial charge is 0.227 e. The Hall–Kier alpha value is -0.960. The van der Waals surface area contributed by atoms with Crippen LogP contribution in [0.4, 0.5) is 5.69 Å². The lowest BCUT2D eigenvalue weighted by atomic mass is 10.0. The number of rotatable bonds is 2. The van der Waals surface area contributed by atoms with Gasteiger partial charge in [0.25, 0.3) is 0 Å². The van der Waals surface area contributed by atoms with Gasteiger partial charge in [-0.1, -0.05) is 0 Å². The van der Waals surface area contributed by atoms with E-state index in [2.05, 4.69) is 45.5 Å². The molecule has 1 heterocycles. The van der Waals surface area contributed by atoms with Gasteiger partial charge in [0.2, 0.25) is 5.91 Å². The van der Waals surface area contributed by atoms with Crippen LogP contribution in [-0.4, -0.2) is 18.2 Å². The number of amides is 1. The molecular weight excluding hydrogens is 230 g/mol. The predicted octanol–water partition coefficient (Wildman–Crippen LogP) is 2.89. The van der Waals surface area contributed by atoms with Gasteiger partial charge in [-0.3, -0.25) is 4.79 Å². The van der Waals surface area contributed by atoms with E-state index in [0.29, 0.717) is 12.3 Å². The van der Waals surface area contributed by atoms with Crippen LogP contribution in [0.15, 0.2) is 12.1 Å². The highest BCUT2D eigenvalue weighted by molar-refractivity contribution is 7.80. The van der Waals surface area contributed by atoms with Gasteiger partial charge in [0.15, 0.2) is 0 Å². The van der Waals surface area contributed by atoms with E-state index < -0.39 is 0 Å². The molecule has 0 aliphatic carbocycles. The van der Waals surface area contributed by atoms with Crippen LogP contribution in [0.3, 0.4) is 0 Å². The Bertz CT molecular complexity index is 433. The minimum Gasteiger partial charge on any atom is -0.312 e. The summed E-state index contributed by atoms with van der Waals surface area (Å²) in [5.41, 5.74) is 4.86.